The zero-order valence-corrected chi connectivity index (χ0v) is 18.0. The number of rotatable bonds is 10. The van der Waals surface area contributed by atoms with Crippen LogP contribution in [0.25, 0.3) is 0 Å². The summed E-state index contributed by atoms with van der Waals surface area (Å²) in [6, 6.07) is 17.1. The summed E-state index contributed by atoms with van der Waals surface area (Å²) >= 11 is 0. The quantitative estimate of drug-likeness (QED) is 0.273. The maximum Gasteiger partial charge on any atom is 0.273 e. The number of nitro groups is 2. The van der Waals surface area contributed by atoms with Gasteiger partial charge in [0.2, 0.25) is 5.91 Å². The second-order valence-corrected chi connectivity index (χ2v) is 6.98. The minimum Gasteiger partial charge on any atom is -0.493 e. The molecule has 11 nitrogen and oxygen atoms in total. The lowest BCUT2D eigenvalue weighted by atomic mass is 10.1. The van der Waals surface area contributed by atoms with Crippen molar-refractivity contribution in [1.29, 1.82) is 0 Å². The largest absolute Gasteiger partial charge is 0.493 e. The highest BCUT2D eigenvalue weighted by Crippen LogP contribution is 2.28. The lowest BCUT2D eigenvalue weighted by molar-refractivity contribution is -0.385. The molecule has 0 saturated carbocycles. The molecule has 0 atom stereocenters. The van der Waals surface area contributed by atoms with Gasteiger partial charge in [0.1, 0.15) is 6.61 Å². The van der Waals surface area contributed by atoms with E-state index in [1.54, 1.807) is 36.4 Å². The molecular weight excluding hydrogens is 444 g/mol. The van der Waals surface area contributed by atoms with Crippen LogP contribution in [0.4, 0.5) is 11.4 Å². The normalized spacial score (nSPS) is 10.6. The second kappa shape index (κ2) is 11.2. The highest BCUT2D eigenvalue weighted by atomic mass is 16.6. The van der Waals surface area contributed by atoms with Crippen LogP contribution in [-0.2, 0) is 17.8 Å². The highest BCUT2D eigenvalue weighted by molar-refractivity contribution is 5.84. The summed E-state index contributed by atoms with van der Waals surface area (Å²) in [5.41, 5.74) is 3.87. The number of carbonyl (C=O) groups excluding carboxylic acids is 1. The molecule has 0 unspecified atom stereocenters. The number of nitrogens with zero attached hydrogens (tertiary/aromatic N) is 3. The fourth-order valence-electron chi connectivity index (χ4n) is 2.99. The number of amides is 1. The number of carbonyl (C=O) groups is 1. The monoisotopic (exact) mass is 464 g/mol. The molecule has 0 aliphatic rings. The summed E-state index contributed by atoms with van der Waals surface area (Å²) in [5.74, 6) is 0.385. The first-order valence-corrected chi connectivity index (χ1v) is 9.95. The van der Waals surface area contributed by atoms with Crippen molar-refractivity contribution < 1.29 is 24.1 Å². The Morgan fingerprint density at radius 1 is 1.00 bits per heavy atom. The maximum absolute atomic E-state index is 12.1. The van der Waals surface area contributed by atoms with E-state index >= 15 is 0 Å². The molecule has 0 saturated heterocycles. The van der Waals surface area contributed by atoms with Crippen molar-refractivity contribution in [3.63, 3.8) is 0 Å². The first-order chi connectivity index (χ1) is 16.4. The molecule has 174 valence electrons. The SMILES string of the molecule is COc1cc(/C=N/NC(=O)Cc2ccccc2[N+](=O)[O-])ccc1OCc1ccc([N+](=O)[O-])cc1. The number of hydrogen-bond acceptors (Lipinski definition) is 8. The van der Waals surface area contributed by atoms with Gasteiger partial charge in [0, 0.05) is 23.8 Å². The van der Waals surface area contributed by atoms with E-state index in [0.717, 1.165) is 5.56 Å². The Kier molecular flexibility index (Phi) is 7.84. The minimum atomic E-state index is -0.538. The fraction of sp³-hybridized carbons (Fsp3) is 0.130. The third-order valence-corrected chi connectivity index (χ3v) is 4.67. The van der Waals surface area contributed by atoms with Crippen molar-refractivity contribution in [2.45, 2.75) is 13.0 Å². The Morgan fingerprint density at radius 2 is 1.74 bits per heavy atom. The zero-order valence-electron chi connectivity index (χ0n) is 18.0. The number of benzene rings is 3. The Labute approximate surface area is 193 Å². The van der Waals surface area contributed by atoms with E-state index in [1.165, 1.54) is 43.7 Å². The van der Waals surface area contributed by atoms with Crippen molar-refractivity contribution in [2.24, 2.45) is 5.10 Å². The van der Waals surface area contributed by atoms with Gasteiger partial charge in [-0.25, -0.2) is 5.43 Å². The molecule has 0 fully saturated rings. The van der Waals surface area contributed by atoms with E-state index in [9.17, 15) is 25.0 Å². The number of non-ortho nitro benzene ring substituents is 1. The van der Waals surface area contributed by atoms with Crippen molar-refractivity contribution in [1.82, 2.24) is 5.43 Å². The first-order valence-electron chi connectivity index (χ1n) is 9.95. The van der Waals surface area contributed by atoms with Crippen LogP contribution >= 0.6 is 0 Å². The number of hydrogen-bond donors (Lipinski definition) is 1. The first kappa shape index (κ1) is 23.9. The van der Waals surface area contributed by atoms with Crippen LogP contribution in [0, 0.1) is 20.2 Å². The summed E-state index contributed by atoms with van der Waals surface area (Å²) in [6.07, 6.45) is 1.22. The van der Waals surface area contributed by atoms with Gasteiger partial charge in [-0.05, 0) is 41.5 Å². The molecule has 11 heteroatoms. The number of methoxy groups -OCH3 is 1. The van der Waals surface area contributed by atoms with Crippen molar-refractivity contribution in [3.8, 4) is 11.5 Å². The van der Waals surface area contributed by atoms with E-state index in [4.69, 9.17) is 9.47 Å². The molecule has 3 aromatic carbocycles. The molecule has 0 bridgehead atoms. The molecule has 0 aliphatic heterocycles. The van der Waals surface area contributed by atoms with Crippen molar-refractivity contribution in [2.75, 3.05) is 7.11 Å². The van der Waals surface area contributed by atoms with E-state index in [2.05, 4.69) is 10.5 Å². The smallest absolute Gasteiger partial charge is 0.273 e. The van der Waals surface area contributed by atoms with Crippen LogP contribution in [0.3, 0.4) is 0 Å². The Balaban J connectivity index is 1.59. The maximum atomic E-state index is 12.1. The van der Waals surface area contributed by atoms with Gasteiger partial charge in [0.25, 0.3) is 11.4 Å². The number of nitrogens with one attached hydrogen (secondary N) is 1. The molecule has 0 radical (unpaired) electrons. The highest BCUT2D eigenvalue weighted by Gasteiger charge is 2.15. The molecule has 1 N–H and O–H groups in total. The summed E-state index contributed by atoms with van der Waals surface area (Å²) in [5, 5.41) is 25.7. The number of ether oxygens (including phenoxy) is 2. The molecular formula is C23H20N4O7. The van der Waals surface area contributed by atoms with Crippen LogP contribution in [0.1, 0.15) is 16.7 Å². The van der Waals surface area contributed by atoms with Gasteiger partial charge in [-0.2, -0.15) is 5.10 Å². The third kappa shape index (κ3) is 6.36. The van der Waals surface area contributed by atoms with Crippen LogP contribution in [0.5, 0.6) is 11.5 Å². The van der Waals surface area contributed by atoms with Crippen LogP contribution in [-0.4, -0.2) is 29.1 Å². The fourth-order valence-corrected chi connectivity index (χ4v) is 2.99. The minimum absolute atomic E-state index is 0.000876. The summed E-state index contributed by atoms with van der Waals surface area (Å²) in [7, 11) is 1.48. The lowest BCUT2D eigenvalue weighted by Gasteiger charge is -2.11. The number of nitro benzene ring substituents is 2. The van der Waals surface area contributed by atoms with Gasteiger partial charge in [-0.15, -0.1) is 0 Å². The third-order valence-electron chi connectivity index (χ3n) is 4.67. The van der Waals surface area contributed by atoms with Gasteiger partial charge in [0.15, 0.2) is 11.5 Å². The van der Waals surface area contributed by atoms with E-state index < -0.39 is 15.8 Å². The Hall–Kier alpha value is -4.80. The van der Waals surface area contributed by atoms with E-state index in [-0.39, 0.29) is 30.0 Å². The van der Waals surface area contributed by atoms with Crippen LogP contribution < -0.4 is 14.9 Å². The topological polar surface area (TPSA) is 146 Å². The van der Waals surface area contributed by atoms with Crippen LogP contribution in [0.2, 0.25) is 0 Å². The van der Waals surface area contributed by atoms with Crippen molar-refractivity contribution >= 4 is 23.5 Å². The number of hydrazone groups is 1. The van der Waals surface area contributed by atoms with Gasteiger partial charge in [0.05, 0.1) is 29.6 Å². The predicted octanol–water partition coefficient (Wildman–Crippen LogP) is 3.78. The number of para-hydroxylation sites is 1. The van der Waals surface area contributed by atoms with E-state index in [0.29, 0.717) is 17.1 Å². The van der Waals surface area contributed by atoms with Gasteiger partial charge >= 0.3 is 0 Å². The van der Waals surface area contributed by atoms with Gasteiger partial charge in [-0.1, -0.05) is 18.2 Å². The summed E-state index contributed by atoms with van der Waals surface area (Å²) in [6.45, 7) is 0.184. The zero-order chi connectivity index (χ0) is 24.5. The van der Waals surface area contributed by atoms with Gasteiger partial charge in [-0.3, -0.25) is 25.0 Å². The molecule has 34 heavy (non-hydrogen) atoms. The molecule has 3 aromatic rings. The van der Waals surface area contributed by atoms with E-state index in [1.807, 2.05) is 0 Å². The molecule has 1 amide bonds. The lowest BCUT2D eigenvalue weighted by Crippen LogP contribution is -2.20. The van der Waals surface area contributed by atoms with Gasteiger partial charge < -0.3 is 9.47 Å². The molecule has 0 aromatic heterocycles. The molecule has 0 aliphatic carbocycles. The Bertz CT molecular complexity index is 1230. The standard InChI is InChI=1S/C23H20N4O7/c1-33-22-12-17(8-11-21(22)34-15-16-6-9-19(10-7-16)26(29)30)14-24-25-23(28)13-18-4-2-3-5-20(18)27(31)32/h2-12,14H,13,15H2,1H3,(H,25,28)/b24-14+. The Morgan fingerprint density at radius 3 is 2.41 bits per heavy atom. The molecule has 0 heterocycles. The average molecular weight is 464 g/mol. The molecule has 0 spiro atoms. The summed E-state index contributed by atoms with van der Waals surface area (Å²) < 4.78 is 11.1. The van der Waals surface area contributed by atoms with Crippen molar-refractivity contribution in [3.05, 3.63) is 104 Å². The van der Waals surface area contributed by atoms with Crippen LogP contribution in [0.15, 0.2) is 71.8 Å². The average Bonchev–Trinajstić information content (AvgIpc) is 2.83. The molecule has 3 rings (SSSR count). The predicted molar refractivity (Wildman–Crippen MR) is 123 cm³/mol. The second-order valence-electron chi connectivity index (χ2n) is 6.98. The summed E-state index contributed by atoms with van der Waals surface area (Å²) in [4.78, 5) is 32.9.